The van der Waals surface area contributed by atoms with E-state index in [2.05, 4.69) is 9.80 Å². The van der Waals surface area contributed by atoms with Crippen molar-refractivity contribution >= 4 is 0 Å². The Labute approximate surface area is 120 Å². The molecule has 2 saturated heterocycles. The molecule has 0 aliphatic carbocycles. The number of rotatable bonds is 4. The van der Waals surface area contributed by atoms with Gasteiger partial charge >= 0.3 is 0 Å². The molecule has 3 rings (SSSR count). The molecule has 20 heavy (non-hydrogen) atoms. The molecular formula is C16H23FN2O. The molecule has 0 saturated carbocycles. The fourth-order valence-electron chi connectivity index (χ4n) is 3.10. The maximum atomic E-state index is 13.2. The van der Waals surface area contributed by atoms with Gasteiger partial charge in [0.2, 0.25) is 0 Å². The number of halogens is 1. The summed E-state index contributed by atoms with van der Waals surface area (Å²) in [6.07, 6.45) is 2.87. The molecule has 110 valence electrons. The van der Waals surface area contributed by atoms with E-state index in [-0.39, 0.29) is 5.82 Å². The van der Waals surface area contributed by atoms with Crippen LogP contribution in [-0.2, 0) is 11.3 Å². The lowest BCUT2D eigenvalue weighted by Gasteiger charge is -2.35. The summed E-state index contributed by atoms with van der Waals surface area (Å²) in [6, 6.07) is 6.93. The Kier molecular flexibility index (Phi) is 4.65. The highest BCUT2D eigenvalue weighted by atomic mass is 19.1. The van der Waals surface area contributed by atoms with E-state index in [0.29, 0.717) is 6.10 Å². The van der Waals surface area contributed by atoms with Gasteiger partial charge in [0.25, 0.3) is 0 Å². The van der Waals surface area contributed by atoms with Gasteiger partial charge in [0, 0.05) is 45.9 Å². The molecule has 2 aliphatic rings. The smallest absolute Gasteiger partial charge is 0.123 e. The first-order chi connectivity index (χ1) is 9.79. The molecule has 1 aromatic carbocycles. The van der Waals surface area contributed by atoms with E-state index in [1.807, 2.05) is 6.07 Å². The molecule has 3 nitrogen and oxygen atoms in total. The van der Waals surface area contributed by atoms with Crippen molar-refractivity contribution < 1.29 is 9.13 Å². The van der Waals surface area contributed by atoms with Crippen LogP contribution in [0.15, 0.2) is 24.3 Å². The van der Waals surface area contributed by atoms with Crippen LogP contribution in [-0.4, -0.2) is 55.2 Å². The number of hydrogen-bond acceptors (Lipinski definition) is 3. The van der Waals surface area contributed by atoms with E-state index >= 15 is 0 Å². The van der Waals surface area contributed by atoms with Gasteiger partial charge in [-0.25, -0.2) is 4.39 Å². The Hall–Kier alpha value is -0.970. The lowest BCUT2D eigenvalue weighted by atomic mass is 10.2. The van der Waals surface area contributed by atoms with Gasteiger partial charge in [0.05, 0.1) is 6.10 Å². The molecule has 0 bridgehead atoms. The van der Waals surface area contributed by atoms with Crippen LogP contribution in [0.5, 0.6) is 0 Å². The monoisotopic (exact) mass is 278 g/mol. The minimum absolute atomic E-state index is 0.139. The largest absolute Gasteiger partial charge is 0.377 e. The van der Waals surface area contributed by atoms with Crippen LogP contribution in [0.1, 0.15) is 18.4 Å². The Morgan fingerprint density at radius 3 is 2.65 bits per heavy atom. The van der Waals surface area contributed by atoms with E-state index in [0.717, 1.165) is 51.4 Å². The normalized spacial score (nSPS) is 25.1. The molecule has 0 spiro atoms. The molecule has 0 unspecified atom stereocenters. The minimum atomic E-state index is -0.139. The highest BCUT2D eigenvalue weighted by molar-refractivity contribution is 5.16. The molecular weight excluding hydrogens is 255 g/mol. The topological polar surface area (TPSA) is 15.7 Å². The maximum absolute atomic E-state index is 13.2. The first-order valence-electron chi connectivity index (χ1n) is 7.60. The fourth-order valence-corrected chi connectivity index (χ4v) is 3.10. The van der Waals surface area contributed by atoms with Crippen molar-refractivity contribution in [1.29, 1.82) is 0 Å². The summed E-state index contributed by atoms with van der Waals surface area (Å²) < 4.78 is 18.9. The molecule has 2 heterocycles. The summed E-state index contributed by atoms with van der Waals surface area (Å²) in [6.45, 7) is 7.17. The fraction of sp³-hybridized carbons (Fsp3) is 0.625. The summed E-state index contributed by atoms with van der Waals surface area (Å²) >= 11 is 0. The Morgan fingerprint density at radius 1 is 1.15 bits per heavy atom. The zero-order chi connectivity index (χ0) is 13.8. The standard InChI is InChI=1S/C16H23FN2O/c17-15-4-1-3-14(11-15)12-18-6-8-19(9-7-18)13-16-5-2-10-20-16/h1,3-4,11,16H,2,5-10,12-13H2/t16-/m0/s1. The molecule has 0 amide bonds. The van der Waals surface area contributed by atoms with E-state index in [9.17, 15) is 4.39 Å². The number of ether oxygens (including phenoxy) is 1. The van der Waals surface area contributed by atoms with Gasteiger partial charge in [-0.2, -0.15) is 0 Å². The third-order valence-electron chi connectivity index (χ3n) is 4.25. The lowest BCUT2D eigenvalue weighted by molar-refractivity contribution is 0.0489. The van der Waals surface area contributed by atoms with Gasteiger partial charge in [0.1, 0.15) is 5.82 Å². The SMILES string of the molecule is Fc1cccc(CN2CCN(C[C@@H]3CCCO3)CC2)c1. The van der Waals surface area contributed by atoms with Gasteiger partial charge in [-0.3, -0.25) is 9.80 Å². The maximum Gasteiger partial charge on any atom is 0.123 e. The second kappa shape index (κ2) is 6.66. The summed E-state index contributed by atoms with van der Waals surface area (Å²) in [7, 11) is 0. The van der Waals surface area contributed by atoms with E-state index < -0.39 is 0 Å². The van der Waals surface area contributed by atoms with Crippen LogP contribution < -0.4 is 0 Å². The number of benzene rings is 1. The highest BCUT2D eigenvalue weighted by Gasteiger charge is 2.22. The van der Waals surface area contributed by atoms with Crippen molar-refractivity contribution in [2.45, 2.75) is 25.5 Å². The Bertz CT molecular complexity index is 426. The average Bonchev–Trinajstić information content (AvgIpc) is 2.94. The summed E-state index contributed by atoms with van der Waals surface area (Å²) in [5.41, 5.74) is 1.07. The quantitative estimate of drug-likeness (QED) is 0.839. The predicted octanol–water partition coefficient (Wildman–Crippen LogP) is 2.12. The van der Waals surface area contributed by atoms with Crippen molar-refractivity contribution in [3.63, 3.8) is 0 Å². The molecule has 0 radical (unpaired) electrons. The van der Waals surface area contributed by atoms with Gasteiger partial charge in [-0.05, 0) is 30.5 Å². The molecule has 0 aromatic heterocycles. The van der Waals surface area contributed by atoms with Crippen molar-refractivity contribution in [2.24, 2.45) is 0 Å². The molecule has 1 atom stereocenters. The first kappa shape index (κ1) is 14.0. The third-order valence-corrected chi connectivity index (χ3v) is 4.25. The average molecular weight is 278 g/mol. The zero-order valence-electron chi connectivity index (χ0n) is 11.9. The van der Waals surface area contributed by atoms with Crippen LogP contribution in [0, 0.1) is 5.82 Å². The van der Waals surface area contributed by atoms with Crippen molar-refractivity contribution in [3.8, 4) is 0 Å². The molecule has 0 N–H and O–H groups in total. The van der Waals surface area contributed by atoms with Crippen LogP contribution in [0.4, 0.5) is 4.39 Å². The van der Waals surface area contributed by atoms with Crippen LogP contribution in [0.3, 0.4) is 0 Å². The van der Waals surface area contributed by atoms with Crippen molar-refractivity contribution in [1.82, 2.24) is 9.80 Å². The Morgan fingerprint density at radius 2 is 1.95 bits per heavy atom. The van der Waals surface area contributed by atoms with Gasteiger partial charge in [-0.15, -0.1) is 0 Å². The Balaban J connectivity index is 1.43. The minimum Gasteiger partial charge on any atom is -0.377 e. The first-order valence-corrected chi connectivity index (χ1v) is 7.60. The lowest BCUT2D eigenvalue weighted by Crippen LogP contribution is -2.48. The molecule has 2 fully saturated rings. The predicted molar refractivity (Wildman–Crippen MR) is 77.1 cm³/mol. The second-order valence-corrected chi connectivity index (χ2v) is 5.84. The van der Waals surface area contributed by atoms with Crippen LogP contribution in [0.2, 0.25) is 0 Å². The van der Waals surface area contributed by atoms with Crippen molar-refractivity contribution in [2.75, 3.05) is 39.3 Å². The number of nitrogens with zero attached hydrogens (tertiary/aromatic N) is 2. The number of piperazine rings is 1. The van der Waals surface area contributed by atoms with Crippen LogP contribution in [0.25, 0.3) is 0 Å². The van der Waals surface area contributed by atoms with E-state index in [1.54, 1.807) is 12.1 Å². The summed E-state index contributed by atoms with van der Waals surface area (Å²) in [5.74, 6) is -0.139. The van der Waals surface area contributed by atoms with Gasteiger partial charge in [-0.1, -0.05) is 12.1 Å². The zero-order valence-corrected chi connectivity index (χ0v) is 11.9. The summed E-state index contributed by atoms with van der Waals surface area (Å²) in [5, 5.41) is 0. The van der Waals surface area contributed by atoms with Crippen LogP contribution >= 0.6 is 0 Å². The highest BCUT2D eigenvalue weighted by Crippen LogP contribution is 2.15. The molecule has 2 aliphatic heterocycles. The van der Waals surface area contributed by atoms with E-state index in [4.69, 9.17) is 4.74 Å². The summed E-state index contributed by atoms with van der Waals surface area (Å²) in [4.78, 5) is 4.90. The number of hydrogen-bond donors (Lipinski definition) is 0. The third kappa shape index (κ3) is 3.78. The molecule has 4 heteroatoms. The van der Waals surface area contributed by atoms with E-state index in [1.165, 1.54) is 18.9 Å². The molecule has 1 aromatic rings. The second-order valence-electron chi connectivity index (χ2n) is 5.84. The van der Waals surface area contributed by atoms with Gasteiger partial charge < -0.3 is 4.74 Å². The van der Waals surface area contributed by atoms with Crippen molar-refractivity contribution in [3.05, 3.63) is 35.6 Å². The van der Waals surface area contributed by atoms with Gasteiger partial charge in [0.15, 0.2) is 0 Å².